The van der Waals surface area contributed by atoms with Crippen molar-refractivity contribution < 1.29 is 27.9 Å². The van der Waals surface area contributed by atoms with Crippen LogP contribution in [0.15, 0.2) is 0 Å². The van der Waals surface area contributed by atoms with Gasteiger partial charge in [0.1, 0.15) is 6.04 Å². The summed E-state index contributed by atoms with van der Waals surface area (Å²) in [5, 5.41) is 17.6. The predicted octanol–water partition coefficient (Wildman–Crippen LogP) is 0.342. The molecule has 1 heterocycles. The van der Waals surface area contributed by atoms with Gasteiger partial charge in [0.2, 0.25) is 21.8 Å². The van der Waals surface area contributed by atoms with Gasteiger partial charge in [0, 0.05) is 25.9 Å². The molecule has 1 atom stereocenters. The Bertz CT molecular complexity index is 665. The molecule has 0 radical (unpaired) electrons. The first-order chi connectivity index (χ1) is 14.7. The molecule has 1 aliphatic heterocycles. The number of carboxylic acid groups (broad SMARTS) is 1. The Morgan fingerprint density at radius 3 is 2.35 bits per heavy atom. The van der Waals surface area contributed by atoms with Crippen molar-refractivity contribution in [1.82, 2.24) is 20.7 Å². The van der Waals surface area contributed by atoms with Gasteiger partial charge in [0.15, 0.2) is 0 Å². The lowest BCUT2D eigenvalue weighted by molar-refractivity contribution is -0.138. The molecular formula is C20H38N4O6S. The molecule has 0 saturated carbocycles. The summed E-state index contributed by atoms with van der Waals surface area (Å²) in [4.78, 5) is 35.0. The van der Waals surface area contributed by atoms with E-state index in [2.05, 4.69) is 20.7 Å². The van der Waals surface area contributed by atoms with E-state index in [0.29, 0.717) is 19.3 Å². The third kappa shape index (κ3) is 13.3. The predicted molar refractivity (Wildman–Crippen MR) is 118 cm³/mol. The molecular weight excluding hydrogens is 424 g/mol. The van der Waals surface area contributed by atoms with Crippen LogP contribution in [0.3, 0.4) is 0 Å². The number of amides is 2. The van der Waals surface area contributed by atoms with Crippen molar-refractivity contribution in [1.29, 1.82) is 0 Å². The van der Waals surface area contributed by atoms with E-state index in [9.17, 15) is 27.9 Å². The van der Waals surface area contributed by atoms with Crippen molar-refractivity contribution in [2.75, 3.05) is 31.9 Å². The molecule has 0 aromatic rings. The van der Waals surface area contributed by atoms with Crippen LogP contribution in [-0.2, 0) is 24.4 Å². The van der Waals surface area contributed by atoms with Crippen LogP contribution in [0.4, 0.5) is 0 Å². The van der Waals surface area contributed by atoms with Gasteiger partial charge in [0.25, 0.3) is 0 Å². The topological polar surface area (TPSA) is 154 Å². The van der Waals surface area contributed by atoms with E-state index < -0.39 is 27.9 Å². The summed E-state index contributed by atoms with van der Waals surface area (Å²) in [6.07, 6.45) is 6.89. The Labute approximate surface area is 185 Å². The number of aliphatic carboxylic acids is 1. The Hall–Kier alpha value is -1.72. The van der Waals surface area contributed by atoms with E-state index >= 15 is 0 Å². The lowest BCUT2D eigenvalue weighted by atomic mass is 9.92. The third-order valence-electron chi connectivity index (χ3n) is 5.29. The number of carbonyl (C=O) groups excluding carboxylic acids is 2. The zero-order chi connectivity index (χ0) is 23.1. The molecule has 0 aromatic carbocycles. The number of sulfonamides is 1. The van der Waals surface area contributed by atoms with Gasteiger partial charge in [-0.05, 0) is 44.7 Å². The summed E-state index contributed by atoms with van der Waals surface area (Å²) in [6.45, 7) is 3.78. The largest absolute Gasteiger partial charge is 0.480 e. The van der Waals surface area contributed by atoms with Crippen LogP contribution >= 0.6 is 0 Å². The van der Waals surface area contributed by atoms with Crippen molar-refractivity contribution in [3.8, 4) is 0 Å². The molecule has 5 N–H and O–H groups in total. The number of nitrogens with one attached hydrogen (secondary N) is 4. The van der Waals surface area contributed by atoms with E-state index in [1.807, 2.05) is 6.92 Å². The molecule has 11 heteroatoms. The Kier molecular flexibility index (Phi) is 13.3. The molecule has 2 amide bonds. The highest BCUT2D eigenvalue weighted by Gasteiger charge is 2.24. The van der Waals surface area contributed by atoms with E-state index in [0.717, 1.165) is 38.3 Å². The van der Waals surface area contributed by atoms with Crippen LogP contribution in [0, 0.1) is 5.92 Å². The maximum Gasteiger partial charge on any atom is 0.323 e. The minimum absolute atomic E-state index is 0.00423. The zero-order valence-electron chi connectivity index (χ0n) is 18.5. The standard InChI is InChI=1S/C20H38N4O6S/c1-2-3-14-31(29,30)24-17(20(27)28)15-23-19(26)10-13-22-18(25)7-5-4-6-16-8-11-21-12-9-16/h16-17,21,24H,2-15H2,1H3,(H,22,25)(H,23,26)(H,27,28)/t17-/m0/s1. The second kappa shape index (κ2) is 15.1. The fourth-order valence-corrected chi connectivity index (χ4v) is 4.79. The average molecular weight is 463 g/mol. The molecule has 10 nitrogen and oxygen atoms in total. The van der Waals surface area contributed by atoms with Gasteiger partial charge in [-0.3, -0.25) is 14.4 Å². The minimum Gasteiger partial charge on any atom is -0.480 e. The highest BCUT2D eigenvalue weighted by atomic mass is 32.2. The monoisotopic (exact) mass is 462 g/mol. The summed E-state index contributed by atoms with van der Waals surface area (Å²) in [7, 11) is -3.72. The number of piperidine rings is 1. The van der Waals surface area contributed by atoms with Gasteiger partial charge < -0.3 is 21.1 Å². The average Bonchev–Trinajstić information content (AvgIpc) is 2.73. The number of hydrogen-bond acceptors (Lipinski definition) is 6. The Morgan fingerprint density at radius 2 is 1.71 bits per heavy atom. The summed E-state index contributed by atoms with van der Waals surface area (Å²) in [5.74, 6) is -1.34. The van der Waals surface area contributed by atoms with Gasteiger partial charge in [0.05, 0.1) is 5.75 Å². The van der Waals surface area contributed by atoms with Crippen LogP contribution in [0.25, 0.3) is 0 Å². The zero-order valence-corrected chi connectivity index (χ0v) is 19.3. The van der Waals surface area contributed by atoms with Crippen molar-refractivity contribution in [3.63, 3.8) is 0 Å². The quantitative estimate of drug-likeness (QED) is 0.207. The second-order valence-corrected chi connectivity index (χ2v) is 9.90. The third-order valence-corrected chi connectivity index (χ3v) is 6.76. The minimum atomic E-state index is -3.72. The van der Waals surface area contributed by atoms with Crippen molar-refractivity contribution in [2.45, 2.75) is 70.8 Å². The Morgan fingerprint density at radius 1 is 1.03 bits per heavy atom. The maximum absolute atomic E-state index is 11.9. The number of carboxylic acids is 1. The molecule has 180 valence electrons. The summed E-state index contributed by atoms with van der Waals surface area (Å²) in [6, 6.07) is -1.43. The number of unbranched alkanes of at least 4 members (excludes halogenated alkanes) is 2. The molecule has 1 aliphatic rings. The molecule has 0 aliphatic carbocycles. The highest BCUT2D eigenvalue weighted by Crippen LogP contribution is 2.19. The molecule has 1 saturated heterocycles. The Balaban J connectivity index is 2.17. The van der Waals surface area contributed by atoms with Gasteiger partial charge >= 0.3 is 5.97 Å². The summed E-state index contributed by atoms with van der Waals surface area (Å²) >= 11 is 0. The number of carbonyl (C=O) groups is 3. The fraction of sp³-hybridized carbons (Fsp3) is 0.850. The van der Waals surface area contributed by atoms with Crippen LogP contribution in [0.5, 0.6) is 0 Å². The lowest BCUT2D eigenvalue weighted by Crippen LogP contribution is -2.49. The second-order valence-electron chi connectivity index (χ2n) is 8.02. The summed E-state index contributed by atoms with van der Waals surface area (Å²) in [5.41, 5.74) is 0. The molecule has 0 aromatic heterocycles. The molecule has 0 unspecified atom stereocenters. The number of hydrogen-bond donors (Lipinski definition) is 5. The van der Waals surface area contributed by atoms with Crippen LogP contribution in [-0.4, -0.2) is 69.3 Å². The van der Waals surface area contributed by atoms with Gasteiger partial charge in [-0.2, -0.15) is 4.72 Å². The molecule has 0 spiro atoms. The molecule has 1 fully saturated rings. The first-order valence-corrected chi connectivity index (χ1v) is 12.9. The first-order valence-electron chi connectivity index (χ1n) is 11.2. The van der Waals surface area contributed by atoms with Crippen molar-refractivity contribution >= 4 is 27.8 Å². The maximum atomic E-state index is 11.9. The number of rotatable bonds is 16. The van der Waals surface area contributed by atoms with E-state index in [1.165, 1.54) is 12.8 Å². The van der Waals surface area contributed by atoms with Gasteiger partial charge in [-0.1, -0.05) is 26.2 Å². The highest BCUT2D eigenvalue weighted by molar-refractivity contribution is 7.89. The molecule has 1 rings (SSSR count). The van der Waals surface area contributed by atoms with E-state index in [-0.39, 0.29) is 31.2 Å². The SMILES string of the molecule is CCCCS(=O)(=O)N[C@@H](CNC(=O)CCNC(=O)CCCCC1CCNCC1)C(=O)O. The van der Waals surface area contributed by atoms with Crippen LogP contribution < -0.4 is 20.7 Å². The molecule has 0 bridgehead atoms. The van der Waals surface area contributed by atoms with Crippen molar-refractivity contribution in [2.24, 2.45) is 5.92 Å². The van der Waals surface area contributed by atoms with E-state index in [1.54, 1.807) is 0 Å². The smallest absolute Gasteiger partial charge is 0.323 e. The summed E-state index contributed by atoms with van der Waals surface area (Å²) < 4.78 is 25.8. The van der Waals surface area contributed by atoms with Gasteiger partial charge in [-0.25, -0.2) is 8.42 Å². The van der Waals surface area contributed by atoms with E-state index in [4.69, 9.17) is 0 Å². The first kappa shape index (κ1) is 27.3. The lowest BCUT2D eigenvalue weighted by Gasteiger charge is -2.22. The van der Waals surface area contributed by atoms with Crippen molar-refractivity contribution in [3.05, 3.63) is 0 Å². The van der Waals surface area contributed by atoms with Gasteiger partial charge in [-0.15, -0.1) is 0 Å². The molecule has 31 heavy (non-hydrogen) atoms. The van der Waals surface area contributed by atoms with Crippen LogP contribution in [0.2, 0.25) is 0 Å². The van der Waals surface area contributed by atoms with Crippen LogP contribution in [0.1, 0.15) is 64.7 Å². The normalized spacial score (nSPS) is 15.9. The fourth-order valence-electron chi connectivity index (χ4n) is 3.39.